The molecule has 3 amide bonds. The molecule has 0 bridgehead atoms. The van der Waals surface area contributed by atoms with E-state index in [0.29, 0.717) is 40.8 Å². The van der Waals surface area contributed by atoms with E-state index in [1.54, 1.807) is 54.5 Å². The third-order valence-electron chi connectivity index (χ3n) is 4.29. The van der Waals surface area contributed by atoms with Crippen molar-refractivity contribution >= 4 is 46.3 Å². The molecule has 0 saturated heterocycles. The Hall–Kier alpha value is -3.03. The van der Waals surface area contributed by atoms with Gasteiger partial charge >= 0.3 is 6.03 Å². The van der Waals surface area contributed by atoms with E-state index in [9.17, 15) is 9.59 Å². The molecule has 3 rings (SSSR count). The summed E-state index contributed by atoms with van der Waals surface area (Å²) in [6, 6.07) is 17.6. The Labute approximate surface area is 184 Å². The number of hydrogen-bond acceptors (Lipinski definition) is 4. The summed E-state index contributed by atoms with van der Waals surface area (Å²) < 4.78 is 5.20. The zero-order valence-corrected chi connectivity index (χ0v) is 18.0. The monoisotopic (exact) mass is 443 g/mol. The molecule has 0 saturated carbocycles. The van der Waals surface area contributed by atoms with Crippen LogP contribution in [0.15, 0.2) is 66.0 Å². The van der Waals surface area contributed by atoms with Crippen LogP contribution in [0.2, 0.25) is 5.02 Å². The number of urea groups is 1. The van der Waals surface area contributed by atoms with Crippen LogP contribution in [0, 0.1) is 0 Å². The lowest BCUT2D eigenvalue weighted by atomic mass is 10.2. The number of nitrogens with zero attached hydrogens (tertiary/aromatic N) is 1. The Morgan fingerprint density at radius 2 is 1.90 bits per heavy atom. The summed E-state index contributed by atoms with van der Waals surface area (Å²) in [5, 5.41) is 8.15. The number of thiophene rings is 1. The topological polar surface area (TPSA) is 70.7 Å². The first-order valence-electron chi connectivity index (χ1n) is 9.36. The maximum absolute atomic E-state index is 12.9. The second-order valence-electron chi connectivity index (χ2n) is 6.38. The second kappa shape index (κ2) is 10.7. The molecule has 0 fully saturated rings. The molecule has 1 heterocycles. The van der Waals surface area contributed by atoms with Gasteiger partial charge in [-0.2, -0.15) is 0 Å². The molecule has 0 aliphatic carbocycles. The third kappa shape index (κ3) is 5.98. The SMILES string of the molecule is COc1ccc(N(CCCNC(=O)c2cccs2)C(=O)Nc2cccc(Cl)c2)cc1. The first-order chi connectivity index (χ1) is 14.6. The smallest absolute Gasteiger partial charge is 0.326 e. The van der Waals surface area contributed by atoms with Gasteiger partial charge in [0.2, 0.25) is 0 Å². The number of rotatable bonds is 8. The number of ether oxygens (including phenoxy) is 1. The highest BCUT2D eigenvalue weighted by atomic mass is 35.5. The number of halogens is 1. The summed E-state index contributed by atoms with van der Waals surface area (Å²) in [4.78, 5) is 27.3. The van der Waals surface area contributed by atoms with Crippen molar-refractivity contribution in [3.8, 4) is 5.75 Å². The molecule has 2 aromatic carbocycles. The molecular formula is C22H22ClN3O3S. The summed E-state index contributed by atoms with van der Waals surface area (Å²) in [7, 11) is 1.59. The van der Waals surface area contributed by atoms with Crippen LogP contribution >= 0.6 is 22.9 Å². The predicted molar refractivity (Wildman–Crippen MR) is 122 cm³/mol. The van der Waals surface area contributed by atoms with Crippen molar-refractivity contribution in [3.05, 3.63) is 75.9 Å². The predicted octanol–water partition coefficient (Wildman–Crippen LogP) is 5.27. The maximum atomic E-state index is 12.9. The van der Waals surface area contributed by atoms with E-state index in [4.69, 9.17) is 16.3 Å². The minimum absolute atomic E-state index is 0.107. The minimum Gasteiger partial charge on any atom is -0.497 e. The van der Waals surface area contributed by atoms with Gasteiger partial charge in [-0.25, -0.2) is 4.79 Å². The molecule has 1 aromatic heterocycles. The van der Waals surface area contributed by atoms with Gasteiger partial charge in [0.25, 0.3) is 5.91 Å². The normalized spacial score (nSPS) is 10.3. The van der Waals surface area contributed by atoms with Crippen molar-refractivity contribution in [2.24, 2.45) is 0 Å². The van der Waals surface area contributed by atoms with Crippen LogP contribution in [-0.4, -0.2) is 32.1 Å². The lowest BCUT2D eigenvalue weighted by Gasteiger charge is -2.23. The molecule has 0 aliphatic heterocycles. The summed E-state index contributed by atoms with van der Waals surface area (Å²) in [6.45, 7) is 0.872. The third-order valence-corrected chi connectivity index (χ3v) is 5.40. The van der Waals surface area contributed by atoms with Crippen LogP contribution in [-0.2, 0) is 0 Å². The molecule has 2 N–H and O–H groups in total. The Balaban J connectivity index is 1.65. The minimum atomic E-state index is -0.285. The molecule has 156 valence electrons. The van der Waals surface area contributed by atoms with Gasteiger partial charge in [0.1, 0.15) is 5.75 Å². The molecule has 0 unspecified atom stereocenters. The highest BCUT2D eigenvalue weighted by Gasteiger charge is 2.16. The van der Waals surface area contributed by atoms with Crippen LogP contribution in [0.4, 0.5) is 16.2 Å². The van der Waals surface area contributed by atoms with Gasteiger partial charge in [0.05, 0.1) is 12.0 Å². The average Bonchev–Trinajstić information content (AvgIpc) is 3.29. The Morgan fingerprint density at radius 3 is 2.57 bits per heavy atom. The molecular weight excluding hydrogens is 422 g/mol. The standard InChI is InChI=1S/C22H22ClN3O3S/c1-29-19-10-8-18(9-11-19)26(22(28)25-17-6-2-5-16(23)15-17)13-4-12-24-21(27)20-7-3-14-30-20/h2-3,5-11,14-15H,4,12-13H2,1H3,(H,24,27)(H,25,28). The zero-order valence-electron chi connectivity index (χ0n) is 16.4. The lowest BCUT2D eigenvalue weighted by molar-refractivity contribution is 0.0957. The number of benzene rings is 2. The Bertz CT molecular complexity index is 978. The molecule has 0 radical (unpaired) electrons. The first-order valence-corrected chi connectivity index (χ1v) is 10.6. The van der Waals surface area contributed by atoms with Crippen LogP contribution in [0.1, 0.15) is 16.1 Å². The van der Waals surface area contributed by atoms with Crippen molar-refractivity contribution in [2.75, 3.05) is 30.4 Å². The van der Waals surface area contributed by atoms with E-state index >= 15 is 0 Å². The van der Waals surface area contributed by atoms with Crippen molar-refractivity contribution in [1.82, 2.24) is 5.32 Å². The van der Waals surface area contributed by atoms with Crippen LogP contribution in [0.25, 0.3) is 0 Å². The number of methoxy groups -OCH3 is 1. The summed E-state index contributed by atoms with van der Waals surface area (Å²) >= 11 is 7.41. The van der Waals surface area contributed by atoms with Crippen LogP contribution in [0.3, 0.4) is 0 Å². The molecule has 8 heteroatoms. The maximum Gasteiger partial charge on any atom is 0.326 e. The molecule has 3 aromatic rings. The van der Waals surface area contributed by atoms with Gasteiger partial charge < -0.3 is 15.4 Å². The van der Waals surface area contributed by atoms with Crippen molar-refractivity contribution in [1.29, 1.82) is 0 Å². The van der Waals surface area contributed by atoms with Gasteiger partial charge in [0, 0.05) is 29.5 Å². The van der Waals surface area contributed by atoms with Gasteiger partial charge in [-0.15, -0.1) is 11.3 Å². The molecule has 6 nitrogen and oxygen atoms in total. The fraction of sp³-hybridized carbons (Fsp3) is 0.182. The number of hydrogen-bond donors (Lipinski definition) is 2. The lowest BCUT2D eigenvalue weighted by Crippen LogP contribution is -2.37. The van der Waals surface area contributed by atoms with Crippen LogP contribution in [0.5, 0.6) is 5.75 Å². The van der Waals surface area contributed by atoms with E-state index in [-0.39, 0.29) is 11.9 Å². The highest BCUT2D eigenvalue weighted by Crippen LogP contribution is 2.22. The summed E-state index contributed by atoms with van der Waals surface area (Å²) in [5.74, 6) is 0.599. The quantitative estimate of drug-likeness (QED) is 0.466. The van der Waals surface area contributed by atoms with Gasteiger partial charge in [-0.3, -0.25) is 9.69 Å². The van der Waals surface area contributed by atoms with E-state index in [0.717, 1.165) is 5.69 Å². The zero-order chi connectivity index (χ0) is 21.3. The van der Waals surface area contributed by atoms with Gasteiger partial charge in [0.15, 0.2) is 0 Å². The average molecular weight is 444 g/mol. The fourth-order valence-corrected chi connectivity index (χ4v) is 3.63. The van der Waals surface area contributed by atoms with Gasteiger partial charge in [-0.05, 0) is 60.3 Å². The van der Waals surface area contributed by atoms with E-state index in [2.05, 4.69) is 10.6 Å². The Kier molecular flexibility index (Phi) is 7.70. The largest absolute Gasteiger partial charge is 0.497 e. The molecule has 0 spiro atoms. The van der Waals surface area contributed by atoms with Crippen molar-refractivity contribution in [3.63, 3.8) is 0 Å². The van der Waals surface area contributed by atoms with Gasteiger partial charge in [-0.1, -0.05) is 23.7 Å². The number of amides is 3. The van der Waals surface area contributed by atoms with Crippen molar-refractivity contribution < 1.29 is 14.3 Å². The highest BCUT2D eigenvalue weighted by molar-refractivity contribution is 7.12. The molecule has 0 atom stereocenters. The second-order valence-corrected chi connectivity index (χ2v) is 7.76. The van der Waals surface area contributed by atoms with E-state index < -0.39 is 0 Å². The number of anilines is 2. The number of carbonyl (C=O) groups is 2. The summed E-state index contributed by atoms with van der Waals surface area (Å²) in [6.07, 6.45) is 0.589. The number of carbonyl (C=O) groups excluding carboxylic acids is 2. The first kappa shape index (κ1) is 21.7. The van der Waals surface area contributed by atoms with Crippen molar-refractivity contribution in [2.45, 2.75) is 6.42 Å². The van der Waals surface area contributed by atoms with E-state index in [1.807, 2.05) is 23.6 Å². The molecule has 0 aliphatic rings. The summed E-state index contributed by atoms with van der Waals surface area (Å²) in [5.41, 5.74) is 1.33. The van der Waals surface area contributed by atoms with Crippen LogP contribution < -0.4 is 20.3 Å². The van der Waals surface area contributed by atoms with E-state index in [1.165, 1.54) is 11.3 Å². The number of nitrogens with one attached hydrogen (secondary N) is 2. The molecule has 30 heavy (non-hydrogen) atoms. The Morgan fingerprint density at radius 1 is 1.10 bits per heavy atom. The fourth-order valence-electron chi connectivity index (χ4n) is 2.80.